The molecule has 0 spiro atoms. The third kappa shape index (κ3) is 4.57. The Morgan fingerprint density at radius 2 is 1.61 bits per heavy atom. The fourth-order valence-electron chi connectivity index (χ4n) is 2.82. The maximum absolute atomic E-state index is 12.8. The third-order valence-corrected chi connectivity index (χ3v) is 3.95. The predicted molar refractivity (Wildman–Crippen MR) is 97.7 cm³/mol. The SMILES string of the molecule is CC(C)C(c1ccccc1)N(C)C(=O)c1ccc(CN)cc1.Cl. The topological polar surface area (TPSA) is 46.3 Å². The summed E-state index contributed by atoms with van der Waals surface area (Å²) in [6.07, 6.45) is 0. The van der Waals surface area contributed by atoms with E-state index in [0.717, 1.165) is 11.1 Å². The molecule has 0 saturated heterocycles. The molecule has 0 bridgehead atoms. The monoisotopic (exact) mass is 332 g/mol. The van der Waals surface area contributed by atoms with Crippen LogP contribution in [0.25, 0.3) is 0 Å². The molecule has 2 rings (SSSR count). The van der Waals surface area contributed by atoms with E-state index in [-0.39, 0.29) is 24.4 Å². The molecule has 0 aliphatic heterocycles. The summed E-state index contributed by atoms with van der Waals surface area (Å²) in [5.41, 5.74) is 8.49. The van der Waals surface area contributed by atoms with Crippen LogP contribution in [0.4, 0.5) is 0 Å². The van der Waals surface area contributed by atoms with Gasteiger partial charge in [0.2, 0.25) is 0 Å². The van der Waals surface area contributed by atoms with E-state index in [1.54, 1.807) is 0 Å². The molecule has 0 aliphatic rings. The van der Waals surface area contributed by atoms with Crippen molar-refractivity contribution in [3.05, 3.63) is 71.3 Å². The number of halogens is 1. The number of benzene rings is 2. The quantitative estimate of drug-likeness (QED) is 0.898. The molecule has 2 aromatic rings. The first kappa shape index (κ1) is 19.2. The van der Waals surface area contributed by atoms with E-state index < -0.39 is 0 Å². The molecule has 0 radical (unpaired) electrons. The highest BCUT2D eigenvalue weighted by atomic mass is 35.5. The lowest BCUT2D eigenvalue weighted by molar-refractivity contribution is 0.0687. The smallest absolute Gasteiger partial charge is 0.254 e. The molecule has 0 aliphatic carbocycles. The molecule has 23 heavy (non-hydrogen) atoms. The Hall–Kier alpha value is -1.84. The van der Waals surface area contributed by atoms with Gasteiger partial charge in [0.1, 0.15) is 0 Å². The average Bonchev–Trinajstić information content (AvgIpc) is 2.55. The van der Waals surface area contributed by atoms with Crippen LogP contribution in [0.15, 0.2) is 54.6 Å². The minimum Gasteiger partial charge on any atom is -0.334 e. The van der Waals surface area contributed by atoms with Gasteiger partial charge < -0.3 is 10.6 Å². The van der Waals surface area contributed by atoms with Gasteiger partial charge >= 0.3 is 0 Å². The minimum absolute atomic E-state index is 0. The number of nitrogens with zero attached hydrogens (tertiary/aromatic N) is 1. The van der Waals surface area contributed by atoms with Crippen LogP contribution in [0.1, 0.15) is 41.4 Å². The Morgan fingerprint density at radius 1 is 1.04 bits per heavy atom. The molecule has 1 unspecified atom stereocenters. The molecule has 2 N–H and O–H groups in total. The number of hydrogen-bond acceptors (Lipinski definition) is 2. The highest BCUT2D eigenvalue weighted by molar-refractivity contribution is 5.94. The van der Waals surface area contributed by atoms with Crippen molar-refractivity contribution in [2.24, 2.45) is 11.7 Å². The molecule has 0 heterocycles. The van der Waals surface area contributed by atoms with Crippen molar-refractivity contribution in [1.29, 1.82) is 0 Å². The van der Waals surface area contributed by atoms with Crippen LogP contribution < -0.4 is 5.73 Å². The maximum atomic E-state index is 12.8. The summed E-state index contributed by atoms with van der Waals surface area (Å²) in [6.45, 7) is 4.76. The highest BCUT2D eigenvalue weighted by Crippen LogP contribution is 2.28. The zero-order chi connectivity index (χ0) is 16.1. The molecule has 3 nitrogen and oxygen atoms in total. The van der Waals surface area contributed by atoms with Crippen LogP contribution in [-0.4, -0.2) is 17.9 Å². The largest absolute Gasteiger partial charge is 0.334 e. The van der Waals surface area contributed by atoms with Gasteiger partial charge in [0.25, 0.3) is 5.91 Å². The summed E-state index contributed by atoms with van der Waals surface area (Å²) in [5.74, 6) is 0.366. The van der Waals surface area contributed by atoms with E-state index in [2.05, 4.69) is 26.0 Å². The van der Waals surface area contributed by atoms with Crippen LogP contribution in [0.2, 0.25) is 0 Å². The number of nitrogens with two attached hydrogens (primary N) is 1. The molecular weight excluding hydrogens is 308 g/mol. The van der Waals surface area contributed by atoms with E-state index in [4.69, 9.17) is 5.73 Å². The molecule has 0 fully saturated rings. The van der Waals surface area contributed by atoms with Crippen LogP contribution in [0, 0.1) is 5.92 Å². The van der Waals surface area contributed by atoms with Crippen molar-refractivity contribution in [3.8, 4) is 0 Å². The lowest BCUT2D eigenvalue weighted by Gasteiger charge is -2.32. The number of carbonyl (C=O) groups is 1. The maximum Gasteiger partial charge on any atom is 0.254 e. The molecule has 4 heteroatoms. The number of hydrogen-bond donors (Lipinski definition) is 1. The summed E-state index contributed by atoms with van der Waals surface area (Å²) in [5, 5.41) is 0. The molecular formula is C19H25ClN2O. The molecule has 124 valence electrons. The van der Waals surface area contributed by atoms with Gasteiger partial charge in [0.05, 0.1) is 6.04 Å². The minimum atomic E-state index is 0. The first-order valence-corrected chi connectivity index (χ1v) is 7.65. The van der Waals surface area contributed by atoms with Gasteiger partial charge in [0.15, 0.2) is 0 Å². The Kier molecular flexibility index (Phi) is 7.27. The van der Waals surface area contributed by atoms with Gasteiger partial charge in [0, 0.05) is 19.2 Å². The summed E-state index contributed by atoms with van der Waals surface area (Å²) in [4.78, 5) is 14.6. The average molecular weight is 333 g/mol. The second-order valence-electron chi connectivity index (χ2n) is 5.92. The standard InChI is InChI=1S/C19H24N2O.ClH/c1-14(2)18(16-7-5-4-6-8-16)21(3)19(22)17-11-9-15(13-20)10-12-17;/h4-12,14,18H,13,20H2,1-3H3;1H. The van der Waals surface area contributed by atoms with E-state index in [9.17, 15) is 4.79 Å². The highest BCUT2D eigenvalue weighted by Gasteiger charge is 2.25. The number of carbonyl (C=O) groups excluding carboxylic acids is 1. The number of amides is 1. The van der Waals surface area contributed by atoms with Crippen molar-refractivity contribution < 1.29 is 4.79 Å². The fraction of sp³-hybridized carbons (Fsp3) is 0.316. The Bertz CT molecular complexity index is 611. The lowest BCUT2D eigenvalue weighted by atomic mass is 9.94. The zero-order valence-electron chi connectivity index (χ0n) is 13.9. The van der Waals surface area contributed by atoms with E-state index in [1.165, 1.54) is 0 Å². The molecule has 0 aromatic heterocycles. The van der Waals surface area contributed by atoms with Gasteiger partial charge in [-0.25, -0.2) is 0 Å². The van der Waals surface area contributed by atoms with E-state index in [1.807, 2.05) is 54.4 Å². The zero-order valence-corrected chi connectivity index (χ0v) is 14.7. The molecule has 1 atom stereocenters. The van der Waals surface area contributed by atoms with Gasteiger partial charge in [-0.15, -0.1) is 12.4 Å². The lowest BCUT2D eigenvalue weighted by Crippen LogP contribution is -2.34. The van der Waals surface area contributed by atoms with Gasteiger partial charge in [-0.2, -0.15) is 0 Å². The van der Waals surface area contributed by atoms with Crippen molar-refractivity contribution in [3.63, 3.8) is 0 Å². The van der Waals surface area contributed by atoms with Crippen molar-refractivity contribution in [2.75, 3.05) is 7.05 Å². The van der Waals surface area contributed by atoms with Crippen LogP contribution >= 0.6 is 12.4 Å². The van der Waals surface area contributed by atoms with E-state index >= 15 is 0 Å². The van der Waals surface area contributed by atoms with Crippen molar-refractivity contribution in [2.45, 2.75) is 26.4 Å². The second kappa shape index (κ2) is 8.70. The first-order chi connectivity index (χ1) is 10.5. The predicted octanol–water partition coefficient (Wildman–Crippen LogP) is 4.04. The molecule has 1 amide bonds. The molecule has 2 aromatic carbocycles. The van der Waals surface area contributed by atoms with Crippen LogP contribution in [0.3, 0.4) is 0 Å². The summed E-state index contributed by atoms with van der Waals surface area (Å²) < 4.78 is 0. The second-order valence-corrected chi connectivity index (χ2v) is 5.92. The number of rotatable bonds is 5. The first-order valence-electron chi connectivity index (χ1n) is 7.65. The summed E-state index contributed by atoms with van der Waals surface area (Å²) >= 11 is 0. The van der Waals surface area contributed by atoms with E-state index in [0.29, 0.717) is 18.0 Å². The van der Waals surface area contributed by atoms with Gasteiger partial charge in [-0.3, -0.25) is 4.79 Å². The van der Waals surface area contributed by atoms with Crippen molar-refractivity contribution in [1.82, 2.24) is 4.90 Å². The Morgan fingerprint density at radius 3 is 2.09 bits per heavy atom. The summed E-state index contributed by atoms with van der Waals surface area (Å²) in [7, 11) is 1.87. The normalized spacial score (nSPS) is 11.7. The summed E-state index contributed by atoms with van der Waals surface area (Å²) in [6, 6.07) is 17.8. The van der Waals surface area contributed by atoms with Crippen LogP contribution in [-0.2, 0) is 6.54 Å². The van der Waals surface area contributed by atoms with Gasteiger partial charge in [-0.05, 0) is 29.2 Å². The fourth-order valence-corrected chi connectivity index (χ4v) is 2.82. The van der Waals surface area contributed by atoms with Crippen LogP contribution in [0.5, 0.6) is 0 Å². The Labute approximate surface area is 144 Å². The molecule has 0 saturated carbocycles. The Balaban J connectivity index is 0.00000264. The van der Waals surface area contributed by atoms with Crippen molar-refractivity contribution >= 4 is 18.3 Å². The van der Waals surface area contributed by atoms with Gasteiger partial charge in [-0.1, -0.05) is 56.3 Å². The third-order valence-electron chi connectivity index (χ3n) is 3.95.